The van der Waals surface area contributed by atoms with Crippen molar-refractivity contribution in [3.8, 4) is 0 Å². The van der Waals surface area contributed by atoms with Gasteiger partial charge in [0.25, 0.3) is 0 Å². The average molecular weight is 528 g/mol. The Bertz CT molecular complexity index is 617. The number of ether oxygens (including phenoxy) is 1. The number of aliphatic imine (C=N–C) groups is 1. The summed E-state index contributed by atoms with van der Waals surface area (Å²) in [4.78, 5) is 8.19. The van der Waals surface area contributed by atoms with Gasteiger partial charge in [0.1, 0.15) is 6.04 Å². The summed E-state index contributed by atoms with van der Waals surface area (Å²) in [7, 11) is 0. The Morgan fingerprint density at radius 3 is 2.21 bits per heavy atom. The average Bonchev–Trinajstić information content (AvgIpc) is 2.69. The lowest BCUT2D eigenvalue weighted by Crippen LogP contribution is -2.56. The number of alkyl halides is 3. The van der Waals surface area contributed by atoms with Crippen LogP contribution < -0.4 is 5.32 Å². The second kappa shape index (κ2) is 12.6. The van der Waals surface area contributed by atoms with Crippen LogP contribution in [-0.4, -0.2) is 67.3 Å². The minimum absolute atomic E-state index is 0. The van der Waals surface area contributed by atoms with E-state index in [1.54, 1.807) is 0 Å². The number of hydrogen-bond acceptors (Lipinski definition) is 3. The van der Waals surface area contributed by atoms with Gasteiger partial charge >= 0.3 is 6.18 Å². The predicted octanol–water partition coefficient (Wildman–Crippen LogP) is 3.88. The summed E-state index contributed by atoms with van der Waals surface area (Å²) < 4.78 is 44.1. The van der Waals surface area contributed by atoms with Crippen LogP contribution >= 0.6 is 24.0 Å². The van der Waals surface area contributed by atoms with Crippen molar-refractivity contribution in [3.05, 3.63) is 35.4 Å². The van der Waals surface area contributed by atoms with E-state index in [4.69, 9.17) is 4.74 Å². The Hall–Kier alpha value is -1.07. The summed E-state index contributed by atoms with van der Waals surface area (Å²) >= 11 is 0. The first kappa shape index (κ1) is 26.0. The molecule has 1 heterocycles. The molecule has 1 unspecified atom stereocenters. The van der Waals surface area contributed by atoms with Crippen molar-refractivity contribution < 1.29 is 17.9 Å². The van der Waals surface area contributed by atoms with Gasteiger partial charge in [0.2, 0.25) is 0 Å². The van der Waals surface area contributed by atoms with Crippen LogP contribution in [0.5, 0.6) is 0 Å². The number of benzene rings is 1. The van der Waals surface area contributed by atoms with Crippen LogP contribution in [0.2, 0.25) is 0 Å². The first-order chi connectivity index (χ1) is 13.3. The molecule has 5 nitrogen and oxygen atoms in total. The van der Waals surface area contributed by atoms with Crippen molar-refractivity contribution in [2.24, 2.45) is 4.99 Å². The number of piperazine rings is 1. The number of hydrogen-bond donors (Lipinski definition) is 1. The van der Waals surface area contributed by atoms with Gasteiger partial charge in [-0.15, -0.1) is 24.0 Å². The third-order valence-corrected chi connectivity index (χ3v) is 4.88. The third-order valence-electron chi connectivity index (χ3n) is 4.88. The molecule has 1 aromatic carbocycles. The van der Waals surface area contributed by atoms with Crippen molar-refractivity contribution in [1.82, 2.24) is 15.1 Å². The summed E-state index contributed by atoms with van der Waals surface area (Å²) in [5, 5.41) is 3.25. The van der Waals surface area contributed by atoms with Gasteiger partial charge in [-0.3, -0.25) is 4.90 Å². The Morgan fingerprint density at radius 1 is 1.10 bits per heavy atom. The zero-order valence-electron chi connectivity index (χ0n) is 17.3. The van der Waals surface area contributed by atoms with Crippen LogP contribution in [0.25, 0.3) is 0 Å². The Morgan fingerprint density at radius 2 is 1.69 bits per heavy atom. The number of nitrogens with zero attached hydrogens (tertiary/aromatic N) is 3. The maximum absolute atomic E-state index is 12.9. The molecule has 0 radical (unpaired) electrons. The molecule has 0 aromatic heterocycles. The van der Waals surface area contributed by atoms with E-state index in [0.717, 1.165) is 17.1 Å². The van der Waals surface area contributed by atoms with Crippen LogP contribution in [0.4, 0.5) is 13.2 Å². The minimum atomic E-state index is -4.19. The highest BCUT2D eigenvalue weighted by atomic mass is 127. The molecule has 166 valence electrons. The second-order valence-corrected chi connectivity index (χ2v) is 6.86. The number of nitrogens with one attached hydrogen (secondary N) is 1. The van der Waals surface area contributed by atoms with Crippen molar-refractivity contribution in [2.45, 2.75) is 46.1 Å². The molecule has 0 spiro atoms. The normalized spacial score (nSPS) is 17.0. The molecule has 1 N–H and O–H groups in total. The van der Waals surface area contributed by atoms with E-state index in [1.165, 1.54) is 11.8 Å². The molecule has 2 rings (SSSR count). The zero-order valence-corrected chi connectivity index (χ0v) is 19.7. The fraction of sp³-hybridized carbons (Fsp3) is 0.650. The Labute approximate surface area is 188 Å². The van der Waals surface area contributed by atoms with Crippen LogP contribution in [0, 0.1) is 0 Å². The van der Waals surface area contributed by atoms with E-state index in [0.29, 0.717) is 52.5 Å². The van der Waals surface area contributed by atoms with Crippen molar-refractivity contribution in [1.29, 1.82) is 0 Å². The van der Waals surface area contributed by atoms with E-state index >= 15 is 0 Å². The smallest absolute Gasteiger partial charge is 0.377 e. The summed E-state index contributed by atoms with van der Waals surface area (Å²) in [6, 6.07) is 6.72. The molecule has 1 saturated heterocycles. The summed E-state index contributed by atoms with van der Waals surface area (Å²) in [6.07, 6.45) is -4.19. The molecule has 1 aromatic rings. The van der Waals surface area contributed by atoms with Crippen molar-refractivity contribution in [2.75, 3.05) is 39.3 Å². The molecular weight excluding hydrogens is 496 g/mol. The highest BCUT2D eigenvalue weighted by Gasteiger charge is 2.41. The van der Waals surface area contributed by atoms with Crippen LogP contribution in [0.15, 0.2) is 29.3 Å². The van der Waals surface area contributed by atoms with E-state index < -0.39 is 12.2 Å². The van der Waals surface area contributed by atoms with E-state index in [9.17, 15) is 13.2 Å². The zero-order chi connectivity index (χ0) is 20.6. The molecular formula is C20H32F3IN4O. The monoisotopic (exact) mass is 528 g/mol. The number of guanidine groups is 1. The first-order valence-corrected chi connectivity index (χ1v) is 9.84. The fourth-order valence-electron chi connectivity index (χ4n) is 3.08. The standard InChI is InChI=1S/C20H31F3N4O.HI/c1-4-24-19(25-14-17-6-8-18(9-7-17)15-28-5-2)27-12-10-26(11-13-27)16(3)20(21,22)23;/h6-9,16H,4-5,10-15H2,1-3H3,(H,24,25);1H. The number of rotatable bonds is 7. The summed E-state index contributed by atoms with van der Waals surface area (Å²) in [5.74, 6) is 0.750. The van der Waals surface area contributed by atoms with Gasteiger partial charge in [-0.1, -0.05) is 24.3 Å². The second-order valence-electron chi connectivity index (χ2n) is 6.86. The van der Waals surface area contributed by atoms with E-state index in [2.05, 4.69) is 10.3 Å². The first-order valence-electron chi connectivity index (χ1n) is 9.84. The highest BCUT2D eigenvalue weighted by Crippen LogP contribution is 2.25. The Balaban J connectivity index is 0.00000420. The van der Waals surface area contributed by atoms with Gasteiger partial charge in [0.05, 0.1) is 13.2 Å². The maximum Gasteiger partial charge on any atom is 0.403 e. The lowest BCUT2D eigenvalue weighted by molar-refractivity contribution is -0.181. The van der Waals surface area contributed by atoms with Crippen LogP contribution in [-0.2, 0) is 17.9 Å². The van der Waals surface area contributed by atoms with Gasteiger partial charge in [-0.2, -0.15) is 13.2 Å². The SMILES string of the molecule is CCNC(=NCc1ccc(COCC)cc1)N1CCN(C(C)C(F)(F)F)CC1.I. The summed E-state index contributed by atoms with van der Waals surface area (Å²) in [5.41, 5.74) is 2.20. The van der Waals surface area contributed by atoms with Gasteiger partial charge in [-0.25, -0.2) is 4.99 Å². The number of halogens is 4. The molecule has 9 heteroatoms. The van der Waals surface area contributed by atoms with Gasteiger partial charge < -0.3 is 15.0 Å². The quantitative estimate of drug-likeness (QED) is 0.332. The highest BCUT2D eigenvalue weighted by molar-refractivity contribution is 14.0. The molecule has 0 aliphatic carbocycles. The predicted molar refractivity (Wildman–Crippen MR) is 121 cm³/mol. The molecule has 0 amide bonds. The van der Waals surface area contributed by atoms with Gasteiger partial charge in [0, 0.05) is 39.3 Å². The van der Waals surface area contributed by atoms with E-state index in [1.807, 2.05) is 43.0 Å². The van der Waals surface area contributed by atoms with Gasteiger partial charge in [-0.05, 0) is 31.9 Å². The fourth-order valence-corrected chi connectivity index (χ4v) is 3.08. The molecule has 0 bridgehead atoms. The molecule has 1 atom stereocenters. The summed E-state index contributed by atoms with van der Waals surface area (Å²) in [6.45, 7) is 9.50. The lowest BCUT2D eigenvalue weighted by Gasteiger charge is -2.39. The van der Waals surface area contributed by atoms with Crippen LogP contribution in [0.3, 0.4) is 0 Å². The molecule has 29 heavy (non-hydrogen) atoms. The van der Waals surface area contributed by atoms with Crippen molar-refractivity contribution in [3.63, 3.8) is 0 Å². The third kappa shape index (κ3) is 8.29. The van der Waals surface area contributed by atoms with E-state index in [-0.39, 0.29) is 24.0 Å². The molecule has 1 aliphatic rings. The van der Waals surface area contributed by atoms with Gasteiger partial charge in [0.15, 0.2) is 5.96 Å². The Kier molecular flexibility index (Phi) is 11.3. The minimum Gasteiger partial charge on any atom is -0.377 e. The largest absolute Gasteiger partial charge is 0.403 e. The lowest BCUT2D eigenvalue weighted by atomic mass is 10.1. The van der Waals surface area contributed by atoms with Crippen LogP contribution in [0.1, 0.15) is 31.9 Å². The molecule has 1 fully saturated rings. The molecule has 0 saturated carbocycles. The molecule has 1 aliphatic heterocycles. The maximum atomic E-state index is 12.9. The topological polar surface area (TPSA) is 40.1 Å². The van der Waals surface area contributed by atoms with Crippen molar-refractivity contribution >= 4 is 29.9 Å².